The van der Waals surface area contributed by atoms with Crippen molar-refractivity contribution in [1.82, 2.24) is 0 Å². The summed E-state index contributed by atoms with van der Waals surface area (Å²) in [7, 11) is 0. The van der Waals surface area contributed by atoms with E-state index in [2.05, 4.69) is 6.92 Å². The van der Waals surface area contributed by atoms with Gasteiger partial charge in [-0.25, -0.2) is 0 Å². The van der Waals surface area contributed by atoms with Crippen LogP contribution in [0.25, 0.3) is 0 Å². The van der Waals surface area contributed by atoms with E-state index in [0.29, 0.717) is 0 Å². The molecule has 11 nitrogen and oxygen atoms in total. The summed E-state index contributed by atoms with van der Waals surface area (Å²) in [6, 6.07) is 0. The van der Waals surface area contributed by atoms with Crippen LogP contribution in [0.3, 0.4) is 0 Å². The van der Waals surface area contributed by atoms with Gasteiger partial charge in [0.1, 0.15) is 48.8 Å². The fourth-order valence-corrected chi connectivity index (χ4v) is 4.79. The summed E-state index contributed by atoms with van der Waals surface area (Å²) in [4.78, 5) is 0. The van der Waals surface area contributed by atoms with E-state index in [1.807, 2.05) is 6.92 Å². The Morgan fingerprint density at radius 1 is 0.611 bits per heavy atom. The summed E-state index contributed by atoms with van der Waals surface area (Å²) in [5, 5.41) is 70.9. The third-order valence-electron chi connectivity index (χ3n) is 7.03. The third-order valence-corrected chi connectivity index (χ3v) is 7.03. The molecule has 0 aliphatic carbocycles. The maximum atomic E-state index is 10.8. The molecule has 2 aliphatic heterocycles. The molecule has 214 valence electrons. The minimum absolute atomic E-state index is 0.181. The first-order chi connectivity index (χ1) is 17.3. The lowest BCUT2D eigenvalue weighted by Crippen LogP contribution is -2.64. The first-order valence-electron chi connectivity index (χ1n) is 13.5. The molecule has 11 atom stereocenters. The number of unbranched alkanes of at least 4 members (excludes halogenated alkanes) is 6. The predicted octanol–water partition coefficient (Wildman–Crippen LogP) is -0.0635. The van der Waals surface area contributed by atoms with Crippen molar-refractivity contribution in [2.24, 2.45) is 0 Å². The van der Waals surface area contributed by atoms with Crippen LogP contribution in [0.2, 0.25) is 0 Å². The maximum Gasteiger partial charge on any atom is 0.187 e. The standard InChI is InChI=1S/C25H48O11/c1-3-5-6-7-8-9-10-12-15(11-4-2)33-24-22(32)20(30)23(17(14-27)35-24)36-25-21(31)19(29)18(28)16(13-26)34-25/h15-32H,3-14H2,1-2H3/t15?,16?,17?,18-,19?,20?,21?,22?,23-,24-,25-/m1/s1. The molecule has 0 saturated carbocycles. The monoisotopic (exact) mass is 524 g/mol. The van der Waals surface area contributed by atoms with E-state index in [-0.39, 0.29) is 6.10 Å². The zero-order valence-electron chi connectivity index (χ0n) is 21.6. The van der Waals surface area contributed by atoms with Crippen molar-refractivity contribution in [2.45, 2.75) is 146 Å². The smallest absolute Gasteiger partial charge is 0.187 e. The van der Waals surface area contributed by atoms with Crippen molar-refractivity contribution in [3.63, 3.8) is 0 Å². The second-order valence-corrected chi connectivity index (χ2v) is 9.96. The second kappa shape index (κ2) is 16.5. The van der Waals surface area contributed by atoms with Gasteiger partial charge in [0.15, 0.2) is 12.6 Å². The molecule has 0 radical (unpaired) electrons. The van der Waals surface area contributed by atoms with Gasteiger partial charge in [0, 0.05) is 0 Å². The number of hydrogen-bond acceptors (Lipinski definition) is 11. The average Bonchev–Trinajstić information content (AvgIpc) is 2.87. The lowest BCUT2D eigenvalue weighted by molar-refractivity contribution is -0.363. The Bertz CT molecular complexity index is 578. The van der Waals surface area contributed by atoms with Crippen molar-refractivity contribution in [3.8, 4) is 0 Å². The van der Waals surface area contributed by atoms with Gasteiger partial charge in [0.05, 0.1) is 19.3 Å². The highest BCUT2D eigenvalue weighted by Crippen LogP contribution is 2.30. The van der Waals surface area contributed by atoms with Crippen molar-refractivity contribution in [1.29, 1.82) is 0 Å². The molecule has 11 heteroatoms. The van der Waals surface area contributed by atoms with Gasteiger partial charge in [-0.15, -0.1) is 0 Å². The SMILES string of the molecule is CCCCCCCCCC(CCC)O[C@@H]1OC(CO)[C@@H](O[C@H]2OC(CO)[C@@H](O)C(O)C2O)C(O)C1O. The van der Waals surface area contributed by atoms with Gasteiger partial charge in [-0.05, 0) is 12.8 Å². The number of aliphatic hydroxyl groups excluding tert-OH is 7. The minimum Gasteiger partial charge on any atom is -0.394 e. The molecule has 2 aliphatic rings. The highest BCUT2D eigenvalue weighted by atomic mass is 16.7. The van der Waals surface area contributed by atoms with Gasteiger partial charge < -0.3 is 54.7 Å². The molecule has 0 spiro atoms. The zero-order chi connectivity index (χ0) is 26.7. The number of hydrogen-bond donors (Lipinski definition) is 7. The topological polar surface area (TPSA) is 179 Å². The van der Waals surface area contributed by atoms with E-state index in [4.69, 9.17) is 18.9 Å². The average molecular weight is 525 g/mol. The summed E-state index contributed by atoms with van der Waals surface area (Å²) in [6.07, 6.45) is -3.97. The summed E-state index contributed by atoms with van der Waals surface area (Å²) < 4.78 is 22.7. The van der Waals surface area contributed by atoms with Crippen molar-refractivity contribution in [2.75, 3.05) is 13.2 Å². The number of aliphatic hydroxyl groups is 7. The third kappa shape index (κ3) is 8.81. The molecule has 0 bridgehead atoms. The first-order valence-corrected chi connectivity index (χ1v) is 13.5. The Morgan fingerprint density at radius 3 is 1.81 bits per heavy atom. The number of rotatable bonds is 16. The summed E-state index contributed by atoms with van der Waals surface area (Å²) in [5.74, 6) is 0. The molecule has 0 aromatic rings. The van der Waals surface area contributed by atoms with E-state index in [1.165, 1.54) is 32.1 Å². The van der Waals surface area contributed by atoms with Crippen LogP contribution < -0.4 is 0 Å². The Balaban J connectivity index is 1.94. The van der Waals surface area contributed by atoms with Crippen LogP contribution in [-0.2, 0) is 18.9 Å². The van der Waals surface area contributed by atoms with Gasteiger partial charge >= 0.3 is 0 Å². The highest BCUT2D eigenvalue weighted by Gasteiger charge is 2.51. The van der Waals surface area contributed by atoms with E-state index in [0.717, 1.165) is 32.1 Å². The number of ether oxygens (including phenoxy) is 4. The van der Waals surface area contributed by atoms with Crippen LogP contribution in [-0.4, -0.2) is 116 Å². The van der Waals surface area contributed by atoms with E-state index < -0.39 is 74.6 Å². The van der Waals surface area contributed by atoms with Crippen molar-refractivity contribution in [3.05, 3.63) is 0 Å². The Morgan fingerprint density at radius 2 is 1.19 bits per heavy atom. The molecule has 0 aromatic carbocycles. The maximum absolute atomic E-state index is 10.8. The van der Waals surface area contributed by atoms with E-state index in [1.54, 1.807) is 0 Å². The molecule has 2 fully saturated rings. The summed E-state index contributed by atoms with van der Waals surface area (Å²) in [5.41, 5.74) is 0. The van der Waals surface area contributed by atoms with Gasteiger partial charge in [-0.2, -0.15) is 0 Å². The largest absolute Gasteiger partial charge is 0.394 e. The van der Waals surface area contributed by atoms with Gasteiger partial charge in [-0.3, -0.25) is 0 Å². The molecule has 7 unspecified atom stereocenters. The van der Waals surface area contributed by atoms with Crippen LogP contribution in [0, 0.1) is 0 Å². The lowest BCUT2D eigenvalue weighted by Gasteiger charge is -2.46. The molecule has 36 heavy (non-hydrogen) atoms. The fraction of sp³-hybridized carbons (Fsp3) is 1.00. The molecule has 0 aromatic heterocycles. The molecule has 2 saturated heterocycles. The molecule has 2 heterocycles. The Kier molecular flexibility index (Phi) is 14.6. The second-order valence-electron chi connectivity index (χ2n) is 9.96. The van der Waals surface area contributed by atoms with Crippen LogP contribution in [0.1, 0.15) is 78.1 Å². The zero-order valence-corrected chi connectivity index (χ0v) is 21.6. The first kappa shape index (κ1) is 31.8. The minimum atomic E-state index is -1.70. The Hall–Kier alpha value is -0.440. The van der Waals surface area contributed by atoms with Crippen LogP contribution in [0.4, 0.5) is 0 Å². The summed E-state index contributed by atoms with van der Waals surface area (Å²) >= 11 is 0. The lowest BCUT2D eigenvalue weighted by atomic mass is 9.97. The molecule has 7 N–H and O–H groups in total. The van der Waals surface area contributed by atoms with Crippen LogP contribution in [0.15, 0.2) is 0 Å². The Labute approximate surface area is 214 Å². The molecule has 2 rings (SSSR count). The fourth-order valence-electron chi connectivity index (χ4n) is 4.79. The van der Waals surface area contributed by atoms with Gasteiger partial charge in [0.25, 0.3) is 0 Å². The van der Waals surface area contributed by atoms with Crippen molar-refractivity contribution < 1.29 is 54.7 Å². The van der Waals surface area contributed by atoms with E-state index >= 15 is 0 Å². The summed E-state index contributed by atoms with van der Waals surface area (Å²) in [6.45, 7) is 3.00. The van der Waals surface area contributed by atoms with Gasteiger partial charge in [0.2, 0.25) is 0 Å². The van der Waals surface area contributed by atoms with Crippen LogP contribution in [0.5, 0.6) is 0 Å². The molecule has 0 amide bonds. The quantitative estimate of drug-likeness (QED) is 0.134. The normalized spacial score (nSPS) is 38.2. The molecular weight excluding hydrogens is 476 g/mol. The van der Waals surface area contributed by atoms with Crippen LogP contribution >= 0.6 is 0 Å². The predicted molar refractivity (Wildman–Crippen MR) is 129 cm³/mol. The molecular formula is C25H48O11. The highest BCUT2D eigenvalue weighted by molar-refractivity contribution is 4.94. The van der Waals surface area contributed by atoms with Crippen molar-refractivity contribution >= 4 is 0 Å². The van der Waals surface area contributed by atoms with E-state index in [9.17, 15) is 35.7 Å². The van der Waals surface area contributed by atoms with Gasteiger partial charge in [-0.1, -0.05) is 65.2 Å².